The van der Waals surface area contributed by atoms with Gasteiger partial charge in [-0.1, -0.05) is 25.1 Å². The lowest BCUT2D eigenvalue weighted by Crippen LogP contribution is -2.00. The van der Waals surface area contributed by atoms with E-state index in [0.29, 0.717) is 23.8 Å². The van der Waals surface area contributed by atoms with Crippen molar-refractivity contribution in [2.75, 3.05) is 27.9 Å². The summed E-state index contributed by atoms with van der Waals surface area (Å²) >= 11 is 0. The van der Waals surface area contributed by atoms with Crippen LogP contribution in [0.1, 0.15) is 30.9 Å². The van der Waals surface area contributed by atoms with Gasteiger partial charge in [0, 0.05) is 22.2 Å². The molecule has 0 saturated heterocycles. The number of unbranched alkanes of at least 4 members (excludes halogenated alkanes) is 1. The van der Waals surface area contributed by atoms with Gasteiger partial charge in [0.15, 0.2) is 11.5 Å². The molecule has 1 heterocycles. The van der Waals surface area contributed by atoms with E-state index in [-0.39, 0.29) is 0 Å². The molecule has 28 heavy (non-hydrogen) atoms. The van der Waals surface area contributed by atoms with E-state index in [1.165, 1.54) is 22.0 Å². The van der Waals surface area contributed by atoms with Gasteiger partial charge < -0.3 is 24.9 Å². The van der Waals surface area contributed by atoms with Crippen LogP contribution in [0.2, 0.25) is 0 Å². The Kier molecular flexibility index (Phi) is 6.47. The first-order valence-electron chi connectivity index (χ1n) is 9.81. The van der Waals surface area contributed by atoms with E-state index in [1.54, 1.807) is 21.3 Å². The average Bonchev–Trinajstić information content (AvgIpc) is 3.11. The summed E-state index contributed by atoms with van der Waals surface area (Å²) in [5, 5.41) is 1.28. The second kappa shape index (κ2) is 9.02. The zero-order chi connectivity index (χ0) is 20.1. The van der Waals surface area contributed by atoms with Gasteiger partial charge in [0.1, 0.15) is 0 Å². The van der Waals surface area contributed by atoms with Gasteiger partial charge in [-0.2, -0.15) is 0 Å². The second-order valence-electron chi connectivity index (χ2n) is 6.83. The quantitative estimate of drug-likeness (QED) is 0.526. The molecule has 0 aliphatic rings. The summed E-state index contributed by atoms with van der Waals surface area (Å²) in [5.41, 5.74) is 11.7. The number of hydrogen-bond donors (Lipinski definition) is 2. The van der Waals surface area contributed by atoms with Crippen LogP contribution in [0.25, 0.3) is 22.2 Å². The van der Waals surface area contributed by atoms with Crippen LogP contribution in [0.4, 0.5) is 0 Å². The Bertz CT molecular complexity index is 921. The van der Waals surface area contributed by atoms with E-state index < -0.39 is 0 Å². The number of aromatic amines is 1. The molecular weight excluding hydrogens is 352 g/mol. The van der Waals surface area contributed by atoms with Gasteiger partial charge in [-0.05, 0) is 55.5 Å². The number of para-hydroxylation sites is 1. The molecule has 3 rings (SSSR count). The van der Waals surface area contributed by atoms with Crippen LogP contribution in [0, 0.1) is 0 Å². The van der Waals surface area contributed by atoms with E-state index >= 15 is 0 Å². The molecule has 0 aliphatic heterocycles. The first-order valence-corrected chi connectivity index (χ1v) is 9.81. The maximum absolute atomic E-state index is 5.73. The van der Waals surface area contributed by atoms with E-state index in [4.69, 9.17) is 19.9 Å². The van der Waals surface area contributed by atoms with Gasteiger partial charge in [0.25, 0.3) is 0 Å². The zero-order valence-electron chi connectivity index (χ0n) is 17.2. The van der Waals surface area contributed by atoms with Crippen molar-refractivity contribution in [1.82, 2.24) is 4.98 Å². The average molecular weight is 383 g/mol. The van der Waals surface area contributed by atoms with Crippen LogP contribution in [-0.4, -0.2) is 32.9 Å². The fourth-order valence-corrected chi connectivity index (χ4v) is 3.81. The number of methoxy groups -OCH3 is 3. The molecule has 0 fully saturated rings. The Morgan fingerprint density at radius 2 is 1.68 bits per heavy atom. The number of aromatic nitrogens is 1. The van der Waals surface area contributed by atoms with Crippen molar-refractivity contribution in [3.63, 3.8) is 0 Å². The number of aryl methyl sites for hydroxylation is 2. The lowest BCUT2D eigenvalue weighted by atomic mass is 9.98. The van der Waals surface area contributed by atoms with Crippen molar-refractivity contribution >= 4 is 10.9 Å². The van der Waals surface area contributed by atoms with Crippen LogP contribution < -0.4 is 19.9 Å². The summed E-state index contributed by atoms with van der Waals surface area (Å²) in [6, 6.07) is 10.5. The number of hydrogen-bond acceptors (Lipinski definition) is 4. The Hall–Kier alpha value is -2.66. The SMILES string of the molecule is CCc1cccc2c(CCCCN)c(-c3cc(OC)c(OC)c(OC)c3)[nH]c12. The lowest BCUT2D eigenvalue weighted by Gasteiger charge is -2.14. The van der Waals surface area contributed by atoms with Crippen molar-refractivity contribution < 1.29 is 14.2 Å². The molecule has 5 heteroatoms. The number of H-pyrrole nitrogens is 1. The minimum Gasteiger partial charge on any atom is -0.493 e. The lowest BCUT2D eigenvalue weighted by molar-refractivity contribution is 0.324. The molecule has 0 spiro atoms. The highest BCUT2D eigenvalue weighted by molar-refractivity contribution is 5.93. The van der Waals surface area contributed by atoms with Crippen LogP contribution in [0.5, 0.6) is 17.2 Å². The summed E-state index contributed by atoms with van der Waals surface area (Å²) in [5.74, 6) is 1.90. The molecule has 0 aliphatic carbocycles. The number of nitrogens with one attached hydrogen (secondary N) is 1. The molecule has 150 valence electrons. The number of ether oxygens (including phenoxy) is 3. The number of benzene rings is 2. The molecule has 0 bridgehead atoms. The normalized spacial score (nSPS) is 11.0. The number of rotatable bonds is 9. The smallest absolute Gasteiger partial charge is 0.203 e. The van der Waals surface area contributed by atoms with Crippen molar-refractivity contribution in [3.05, 3.63) is 41.5 Å². The molecule has 2 aromatic carbocycles. The van der Waals surface area contributed by atoms with Crippen molar-refractivity contribution in [2.24, 2.45) is 5.73 Å². The maximum Gasteiger partial charge on any atom is 0.203 e. The maximum atomic E-state index is 5.73. The Morgan fingerprint density at radius 3 is 2.25 bits per heavy atom. The standard InChI is InChI=1S/C23H30N2O3/c1-5-15-9-8-11-18-17(10-6-7-12-24)22(25-21(15)18)16-13-19(26-2)23(28-4)20(14-16)27-3/h8-9,11,13-14,25H,5-7,10,12,24H2,1-4H3. The zero-order valence-corrected chi connectivity index (χ0v) is 17.2. The highest BCUT2D eigenvalue weighted by atomic mass is 16.5. The van der Waals surface area contributed by atoms with Crippen molar-refractivity contribution in [3.8, 4) is 28.5 Å². The van der Waals surface area contributed by atoms with Gasteiger partial charge in [0.05, 0.1) is 21.3 Å². The summed E-state index contributed by atoms with van der Waals surface area (Å²) in [6.07, 6.45) is 4.01. The highest BCUT2D eigenvalue weighted by Gasteiger charge is 2.19. The molecule has 3 N–H and O–H groups in total. The van der Waals surface area contributed by atoms with Gasteiger partial charge in [-0.15, -0.1) is 0 Å². The Balaban J connectivity index is 2.22. The summed E-state index contributed by atoms with van der Waals surface area (Å²) < 4.78 is 16.6. The third kappa shape index (κ3) is 3.67. The fourth-order valence-electron chi connectivity index (χ4n) is 3.81. The van der Waals surface area contributed by atoms with Gasteiger partial charge in [0.2, 0.25) is 5.75 Å². The topological polar surface area (TPSA) is 69.5 Å². The highest BCUT2D eigenvalue weighted by Crippen LogP contribution is 2.43. The van der Waals surface area contributed by atoms with Gasteiger partial charge >= 0.3 is 0 Å². The summed E-state index contributed by atoms with van der Waals surface area (Å²) in [6.45, 7) is 2.89. The van der Waals surface area contributed by atoms with Gasteiger partial charge in [-0.25, -0.2) is 0 Å². The third-order valence-electron chi connectivity index (χ3n) is 5.24. The Labute approximate surface area is 166 Å². The van der Waals surface area contributed by atoms with Crippen molar-refractivity contribution in [2.45, 2.75) is 32.6 Å². The van der Waals surface area contributed by atoms with Crippen molar-refractivity contribution in [1.29, 1.82) is 0 Å². The third-order valence-corrected chi connectivity index (χ3v) is 5.24. The monoisotopic (exact) mass is 382 g/mol. The molecule has 5 nitrogen and oxygen atoms in total. The van der Waals surface area contributed by atoms with E-state index in [2.05, 4.69) is 30.1 Å². The Morgan fingerprint density at radius 1 is 0.964 bits per heavy atom. The van der Waals surface area contributed by atoms with Gasteiger partial charge in [-0.3, -0.25) is 0 Å². The predicted octanol–water partition coefficient (Wildman–Crippen LogP) is 4.70. The fraction of sp³-hybridized carbons (Fsp3) is 0.391. The molecule has 0 unspecified atom stereocenters. The van der Waals surface area contributed by atoms with E-state index in [0.717, 1.165) is 36.9 Å². The number of fused-ring (bicyclic) bond motifs is 1. The van der Waals surface area contributed by atoms with Crippen LogP contribution in [0.3, 0.4) is 0 Å². The van der Waals surface area contributed by atoms with E-state index in [9.17, 15) is 0 Å². The second-order valence-corrected chi connectivity index (χ2v) is 6.83. The van der Waals surface area contributed by atoms with Crippen LogP contribution in [0.15, 0.2) is 30.3 Å². The molecule has 0 atom stereocenters. The molecule has 1 aromatic heterocycles. The summed E-state index contributed by atoms with van der Waals surface area (Å²) in [7, 11) is 4.90. The van der Waals surface area contributed by atoms with Crippen LogP contribution >= 0.6 is 0 Å². The minimum absolute atomic E-state index is 0.601. The first kappa shape index (κ1) is 20.1. The molecule has 3 aromatic rings. The summed E-state index contributed by atoms with van der Waals surface area (Å²) in [4.78, 5) is 3.68. The predicted molar refractivity (Wildman–Crippen MR) is 115 cm³/mol. The van der Waals surface area contributed by atoms with E-state index in [1.807, 2.05) is 12.1 Å². The first-order chi connectivity index (χ1) is 13.7. The van der Waals surface area contributed by atoms with Crippen LogP contribution in [-0.2, 0) is 12.8 Å². The molecular formula is C23H30N2O3. The molecule has 0 radical (unpaired) electrons. The minimum atomic E-state index is 0.601. The molecule has 0 saturated carbocycles. The number of nitrogens with two attached hydrogens (primary N) is 1. The largest absolute Gasteiger partial charge is 0.493 e. The molecule has 0 amide bonds.